The molecule has 1 atom stereocenters. The van der Waals surface area contributed by atoms with Gasteiger partial charge in [0.2, 0.25) is 0 Å². The van der Waals surface area contributed by atoms with Crippen LogP contribution in [0, 0.1) is 6.92 Å². The van der Waals surface area contributed by atoms with Gasteiger partial charge in [0, 0.05) is 37.6 Å². The third kappa shape index (κ3) is 7.00. The number of rotatable bonds is 8. The number of benzene rings is 1. The second-order valence-corrected chi connectivity index (χ2v) is 7.98. The van der Waals surface area contributed by atoms with Crippen molar-refractivity contribution in [3.05, 3.63) is 52.0 Å². The van der Waals surface area contributed by atoms with Crippen molar-refractivity contribution in [1.29, 1.82) is 0 Å². The van der Waals surface area contributed by atoms with Gasteiger partial charge in [-0.3, -0.25) is 9.89 Å². The average Bonchev–Trinajstić information content (AvgIpc) is 3.36. The lowest BCUT2D eigenvalue weighted by Crippen LogP contribution is -2.43. The maximum Gasteiger partial charge on any atom is 0.191 e. The van der Waals surface area contributed by atoms with E-state index >= 15 is 0 Å². The van der Waals surface area contributed by atoms with Crippen LogP contribution in [0.25, 0.3) is 0 Å². The molecule has 0 saturated carbocycles. The van der Waals surface area contributed by atoms with Crippen LogP contribution in [-0.2, 0) is 6.42 Å². The van der Waals surface area contributed by atoms with Crippen molar-refractivity contribution in [2.45, 2.75) is 38.6 Å². The average molecular weight is 513 g/mol. The van der Waals surface area contributed by atoms with E-state index in [-0.39, 0.29) is 24.0 Å². The Morgan fingerprint density at radius 2 is 1.96 bits per heavy atom. The van der Waals surface area contributed by atoms with E-state index in [1.165, 1.54) is 36.5 Å². The first-order valence-electron chi connectivity index (χ1n) is 9.91. The summed E-state index contributed by atoms with van der Waals surface area (Å²) in [7, 11) is 1.84. The van der Waals surface area contributed by atoms with E-state index in [0.717, 1.165) is 37.6 Å². The SMILES string of the molecule is CN=C(NCCCc1nc(C)cs1)NCC(c1ccccc1)N1CCCC1.I. The van der Waals surface area contributed by atoms with Crippen LogP contribution < -0.4 is 10.6 Å². The number of aliphatic imine (C=N–C) groups is 1. The highest BCUT2D eigenvalue weighted by atomic mass is 127. The summed E-state index contributed by atoms with van der Waals surface area (Å²) in [4.78, 5) is 11.5. The fraction of sp³-hybridized carbons (Fsp3) is 0.524. The van der Waals surface area contributed by atoms with Crippen LogP contribution in [0.2, 0.25) is 0 Å². The molecule has 1 unspecified atom stereocenters. The Hall–Kier alpha value is -1.19. The lowest BCUT2D eigenvalue weighted by atomic mass is 10.1. The molecule has 1 fully saturated rings. The Morgan fingerprint density at radius 1 is 1.21 bits per heavy atom. The van der Waals surface area contributed by atoms with Crippen LogP contribution in [0.15, 0.2) is 40.7 Å². The lowest BCUT2D eigenvalue weighted by molar-refractivity contribution is 0.245. The van der Waals surface area contributed by atoms with E-state index < -0.39 is 0 Å². The third-order valence-electron chi connectivity index (χ3n) is 4.98. The normalized spacial score (nSPS) is 15.9. The Bertz CT molecular complexity index is 713. The highest BCUT2D eigenvalue weighted by Gasteiger charge is 2.23. The molecule has 1 aromatic carbocycles. The van der Waals surface area contributed by atoms with E-state index in [0.29, 0.717) is 6.04 Å². The van der Waals surface area contributed by atoms with Crippen molar-refractivity contribution in [2.75, 3.05) is 33.2 Å². The van der Waals surface area contributed by atoms with Gasteiger partial charge < -0.3 is 10.6 Å². The molecule has 28 heavy (non-hydrogen) atoms. The van der Waals surface area contributed by atoms with Crippen LogP contribution in [0.1, 0.15) is 41.6 Å². The minimum absolute atomic E-state index is 0. The van der Waals surface area contributed by atoms with Gasteiger partial charge in [-0.25, -0.2) is 4.98 Å². The second kappa shape index (κ2) is 12.4. The molecular formula is C21H32IN5S. The Labute approximate surface area is 190 Å². The minimum atomic E-state index is 0. The highest BCUT2D eigenvalue weighted by Crippen LogP contribution is 2.24. The second-order valence-electron chi connectivity index (χ2n) is 7.04. The number of hydrogen-bond acceptors (Lipinski definition) is 4. The summed E-state index contributed by atoms with van der Waals surface area (Å²) in [5.41, 5.74) is 2.50. The maximum atomic E-state index is 4.52. The molecule has 1 aliphatic heterocycles. The first-order valence-corrected chi connectivity index (χ1v) is 10.8. The third-order valence-corrected chi connectivity index (χ3v) is 6.01. The fourth-order valence-corrected chi connectivity index (χ4v) is 4.38. The molecule has 1 aliphatic rings. The van der Waals surface area contributed by atoms with E-state index in [9.17, 15) is 0 Å². The largest absolute Gasteiger partial charge is 0.356 e. The first kappa shape index (κ1) is 23.1. The Morgan fingerprint density at radius 3 is 2.61 bits per heavy atom. The van der Waals surface area contributed by atoms with Gasteiger partial charge in [0.05, 0.1) is 11.0 Å². The number of thiazole rings is 1. The zero-order valence-corrected chi connectivity index (χ0v) is 20.0. The molecule has 2 heterocycles. The monoisotopic (exact) mass is 513 g/mol. The minimum Gasteiger partial charge on any atom is -0.356 e. The standard InChI is InChI=1S/C21H31N5S.HI/c1-17-16-27-20(25-17)11-8-12-23-21(22-2)24-15-19(26-13-6-7-14-26)18-9-4-3-5-10-18;/h3-5,9-10,16,19H,6-8,11-15H2,1-2H3,(H2,22,23,24);1H. The summed E-state index contributed by atoms with van der Waals surface area (Å²) in [6.07, 6.45) is 4.67. The van der Waals surface area contributed by atoms with Gasteiger partial charge in [0.25, 0.3) is 0 Å². The van der Waals surface area contributed by atoms with Crippen molar-refractivity contribution in [3.63, 3.8) is 0 Å². The predicted molar refractivity (Wildman–Crippen MR) is 130 cm³/mol. The van der Waals surface area contributed by atoms with Crippen molar-refractivity contribution < 1.29 is 0 Å². The molecule has 1 aromatic heterocycles. The van der Waals surface area contributed by atoms with Gasteiger partial charge >= 0.3 is 0 Å². The summed E-state index contributed by atoms with van der Waals surface area (Å²) in [5.74, 6) is 0.880. The summed E-state index contributed by atoms with van der Waals surface area (Å²) in [6, 6.07) is 11.2. The zero-order chi connectivity index (χ0) is 18.9. The number of nitrogens with zero attached hydrogens (tertiary/aromatic N) is 3. The molecule has 0 radical (unpaired) electrons. The highest BCUT2D eigenvalue weighted by molar-refractivity contribution is 14.0. The molecular weight excluding hydrogens is 481 g/mol. The number of aromatic nitrogens is 1. The van der Waals surface area contributed by atoms with Crippen LogP contribution >= 0.6 is 35.3 Å². The number of hydrogen-bond donors (Lipinski definition) is 2. The van der Waals surface area contributed by atoms with Crippen LogP contribution in [0.4, 0.5) is 0 Å². The van der Waals surface area contributed by atoms with E-state index in [2.05, 4.69) is 61.2 Å². The van der Waals surface area contributed by atoms with Crippen molar-refractivity contribution in [1.82, 2.24) is 20.5 Å². The van der Waals surface area contributed by atoms with Gasteiger partial charge in [-0.05, 0) is 44.8 Å². The molecule has 3 rings (SSSR count). The van der Waals surface area contributed by atoms with Gasteiger partial charge in [-0.1, -0.05) is 30.3 Å². The van der Waals surface area contributed by atoms with Crippen LogP contribution in [0.5, 0.6) is 0 Å². The predicted octanol–water partition coefficient (Wildman–Crippen LogP) is 4.00. The molecule has 0 spiro atoms. The maximum absolute atomic E-state index is 4.52. The van der Waals surface area contributed by atoms with Crippen molar-refractivity contribution in [3.8, 4) is 0 Å². The van der Waals surface area contributed by atoms with E-state index in [4.69, 9.17) is 0 Å². The van der Waals surface area contributed by atoms with Crippen LogP contribution in [-0.4, -0.2) is 49.1 Å². The quantitative estimate of drug-likeness (QED) is 0.243. The number of halogens is 1. The topological polar surface area (TPSA) is 52.6 Å². The Balaban J connectivity index is 0.00000280. The molecule has 0 bridgehead atoms. The molecule has 2 aromatic rings. The van der Waals surface area contributed by atoms with E-state index in [1.807, 2.05) is 14.0 Å². The summed E-state index contributed by atoms with van der Waals surface area (Å²) < 4.78 is 0. The molecule has 7 heteroatoms. The molecule has 0 aliphatic carbocycles. The molecule has 2 N–H and O–H groups in total. The van der Waals surface area contributed by atoms with Gasteiger partial charge in [-0.15, -0.1) is 35.3 Å². The fourth-order valence-electron chi connectivity index (χ4n) is 3.56. The Kier molecular flexibility index (Phi) is 10.2. The van der Waals surface area contributed by atoms with Crippen LogP contribution in [0.3, 0.4) is 0 Å². The van der Waals surface area contributed by atoms with Gasteiger partial charge in [0.15, 0.2) is 5.96 Å². The first-order chi connectivity index (χ1) is 13.3. The summed E-state index contributed by atoms with van der Waals surface area (Å²) in [5, 5.41) is 10.3. The number of nitrogens with one attached hydrogen (secondary N) is 2. The number of guanidine groups is 1. The van der Waals surface area contributed by atoms with Crippen molar-refractivity contribution >= 4 is 41.3 Å². The van der Waals surface area contributed by atoms with E-state index in [1.54, 1.807) is 11.3 Å². The molecule has 0 amide bonds. The number of likely N-dealkylation sites (tertiary alicyclic amines) is 1. The zero-order valence-electron chi connectivity index (χ0n) is 16.9. The van der Waals surface area contributed by atoms with Gasteiger partial charge in [0.1, 0.15) is 0 Å². The molecule has 1 saturated heterocycles. The van der Waals surface area contributed by atoms with Crippen molar-refractivity contribution in [2.24, 2.45) is 4.99 Å². The van der Waals surface area contributed by atoms with Gasteiger partial charge in [-0.2, -0.15) is 0 Å². The molecule has 154 valence electrons. The summed E-state index contributed by atoms with van der Waals surface area (Å²) >= 11 is 1.75. The smallest absolute Gasteiger partial charge is 0.191 e. The number of aryl methyl sites for hydroxylation is 2. The molecule has 5 nitrogen and oxygen atoms in total. The summed E-state index contributed by atoms with van der Waals surface area (Å²) in [6.45, 7) is 6.18. The lowest BCUT2D eigenvalue weighted by Gasteiger charge is -2.29.